The van der Waals surface area contributed by atoms with Gasteiger partial charge in [0.05, 0.1) is 0 Å². The highest BCUT2D eigenvalue weighted by atomic mass is 16.1. The lowest BCUT2D eigenvalue weighted by Gasteiger charge is -2.57. The topological polar surface area (TPSA) is 17.1 Å². The van der Waals surface area contributed by atoms with E-state index in [0.717, 1.165) is 31.6 Å². The summed E-state index contributed by atoms with van der Waals surface area (Å²) in [6, 6.07) is 0. The highest BCUT2D eigenvalue weighted by Gasteiger charge is 2.57. The van der Waals surface area contributed by atoms with Crippen molar-refractivity contribution in [3.05, 3.63) is 0 Å². The van der Waals surface area contributed by atoms with Crippen LogP contribution in [0.3, 0.4) is 0 Å². The van der Waals surface area contributed by atoms with Gasteiger partial charge in [0, 0.05) is 24.7 Å². The molecule has 0 radical (unpaired) electrons. The molecule has 0 N–H and O–H groups in total. The fraction of sp³-hybridized carbons (Fsp3) is 0.824. The number of Topliss-reactive ketones (excluding diaryl/α,β-unsaturated/α-hetero) is 1. The van der Waals surface area contributed by atoms with Crippen LogP contribution >= 0.6 is 0 Å². The molecule has 0 saturated heterocycles. The van der Waals surface area contributed by atoms with E-state index in [4.69, 9.17) is 0 Å². The molecule has 0 aromatic carbocycles. The standard InChI is InChI=1S/C17H26O/c1-4-5-6-7-8-9-10-13-11-14-12-15(16(13)18)17(14,2)3/h13-15H,4-7,10-12H2,1-3H3/t13-,14-,15-/m0/s1. The zero-order valence-corrected chi connectivity index (χ0v) is 12.1. The van der Waals surface area contributed by atoms with Gasteiger partial charge in [0.25, 0.3) is 0 Å². The molecule has 0 unspecified atom stereocenters. The summed E-state index contributed by atoms with van der Waals surface area (Å²) in [5, 5.41) is 0. The second-order valence-electron chi connectivity index (χ2n) is 6.66. The maximum Gasteiger partial charge on any atom is 0.140 e. The maximum atomic E-state index is 12.3. The molecule has 1 heteroatoms. The van der Waals surface area contributed by atoms with Crippen LogP contribution in [0.25, 0.3) is 0 Å². The molecular weight excluding hydrogens is 220 g/mol. The number of unbranched alkanes of at least 4 members (excludes halogenated alkanes) is 3. The molecule has 2 bridgehead atoms. The Bertz CT molecular complexity index is 369. The first-order valence-corrected chi connectivity index (χ1v) is 7.56. The monoisotopic (exact) mass is 246 g/mol. The third kappa shape index (κ3) is 2.48. The van der Waals surface area contributed by atoms with Gasteiger partial charge in [-0.15, -0.1) is 11.8 Å². The van der Waals surface area contributed by atoms with Gasteiger partial charge >= 0.3 is 0 Å². The molecule has 18 heavy (non-hydrogen) atoms. The van der Waals surface area contributed by atoms with Crippen molar-refractivity contribution in [2.75, 3.05) is 0 Å². The zero-order chi connectivity index (χ0) is 13.2. The van der Waals surface area contributed by atoms with Gasteiger partial charge in [-0.3, -0.25) is 4.79 Å². The van der Waals surface area contributed by atoms with E-state index in [1.807, 2.05) is 0 Å². The summed E-state index contributed by atoms with van der Waals surface area (Å²) in [7, 11) is 0. The van der Waals surface area contributed by atoms with Gasteiger partial charge in [-0.05, 0) is 30.6 Å². The van der Waals surface area contributed by atoms with Crippen LogP contribution in [0.15, 0.2) is 0 Å². The molecule has 0 heterocycles. The molecule has 0 amide bonds. The van der Waals surface area contributed by atoms with Crippen molar-refractivity contribution in [1.82, 2.24) is 0 Å². The maximum absolute atomic E-state index is 12.3. The van der Waals surface area contributed by atoms with E-state index in [1.54, 1.807) is 0 Å². The summed E-state index contributed by atoms with van der Waals surface area (Å²) in [5.74, 6) is 8.34. The average Bonchev–Trinajstić information content (AvgIpc) is 2.34. The van der Waals surface area contributed by atoms with Crippen LogP contribution in [0.5, 0.6) is 0 Å². The number of ketones is 1. The lowest BCUT2D eigenvalue weighted by Crippen LogP contribution is -2.56. The SMILES string of the molecule is CCCCCC#CC[C@H]1C[C@H]2C[C@@H](C1=O)C2(C)C. The molecule has 100 valence electrons. The zero-order valence-electron chi connectivity index (χ0n) is 12.1. The molecule has 3 atom stereocenters. The summed E-state index contributed by atoms with van der Waals surface area (Å²) in [6.45, 7) is 6.73. The Morgan fingerprint density at radius 3 is 2.61 bits per heavy atom. The van der Waals surface area contributed by atoms with Crippen LogP contribution in [0.1, 0.15) is 65.7 Å². The Balaban J connectivity index is 1.77. The van der Waals surface area contributed by atoms with Gasteiger partial charge in [-0.2, -0.15) is 0 Å². The second kappa shape index (κ2) is 5.47. The Hall–Kier alpha value is -0.770. The minimum Gasteiger partial charge on any atom is -0.299 e. The van der Waals surface area contributed by atoms with Gasteiger partial charge in [-0.1, -0.05) is 33.6 Å². The first-order chi connectivity index (χ1) is 8.57. The van der Waals surface area contributed by atoms with Crippen molar-refractivity contribution in [1.29, 1.82) is 0 Å². The highest BCUT2D eigenvalue weighted by Crippen LogP contribution is 2.59. The minimum absolute atomic E-state index is 0.250. The second-order valence-corrected chi connectivity index (χ2v) is 6.66. The molecule has 3 fully saturated rings. The van der Waals surface area contributed by atoms with Crippen LogP contribution in [-0.2, 0) is 4.79 Å². The summed E-state index contributed by atoms with van der Waals surface area (Å²) in [5.41, 5.74) is 0.280. The molecule has 0 spiro atoms. The minimum atomic E-state index is 0.250. The van der Waals surface area contributed by atoms with Crippen molar-refractivity contribution >= 4 is 5.78 Å². The number of carbonyl (C=O) groups excluding carboxylic acids is 1. The van der Waals surface area contributed by atoms with E-state index in [2.05, 4.69) is 32.6 Å². The van der Waals surface area contributed by atoms with Crippen molar-refractivity contribution in [3.8, 4) is 11.8 Å². The van der Waals surface area contributed by atoms with Crippen molar-refractivity contribution < 1.29 is 4.79 Å². The van der Waals surface area contributed by atoms with Crippen LogP contribution in [0.2, 0.25) is 0 Å². The quantitative estimate of drug-likeness (QED) is 0.536. The van der Waals surface area contributed by atoms with Gasteiger partial charge in [-0.25, -0.2) is 0 Å². The number of fused-ring (bicyclic) bond motifs is 2. The number of rotatable bonds is 4. The molecule has 3 rings (SSSR count). The summed E-state index contributed by atoms with van der Waals surface area (Å²) in [6.07, 6.45) is 7.79. The highest BCUT2D eigenvalue weighted by molar-refractivity contribution is 5.87. The van der Waals surface area contributed by atoms with E-state index in [1.165, 1.54) is 19.3 Å². The Morgan fingerprint density at radius 1 is 1.22 bits per heavy atom. The fourth-order valence-electron chi connectivity index (χ4n) is 3.57. The van der Waals surface area contributed by atoms with E-state index >= 15 is 0 Å². The van der Waals surface area contributed by atoms with Gasteiger partial charge < -0.3 is 0 Å². The molecule has 0 aromatic rings. The normalized spacial score (nSPS) is 32.4. The Morgan fingerprint density at radius 2 is 2.00 bits per heavy atom. The van der Waals surface area contributed by atoms with E-state index in [-0.39, 0.29) is 11.3 Å². The van der Waals surface area contributed by atoms with Gasteiger partial charge in [0.15, 0.2) is 0 Å². The number of hydrogen-bond acceptors (Lipinski definition) is 1. The summed E-state index contributed by atoms with van der Waals surface area (Å²) in [4.78, 5) is 12.3. The molecule has 3 aliphatic rings. The molecule has 3 saturated carbocycles. The van der Waals surface area contributed by atoms with Crippen molar-refractivity contribution in [3.63, 3.8) is 0 Å². The van der Waals surface area contributed by atoms with E-state index in [0.29, 0.717) is 11.7 Å². The van der Waals surface area contributed by atoms with Crippen LogP contribution in [0.4, 0.5) is 0 Å². The summed E-state index contributed by atoms with van der Waals surface area (Å²) >= 11 is 0. The molecule has 3 aliphatic carbocycles. The Kier molecular flexibility index (Phi) is 4.15. The first-order valence-electron chi connectivity index (χ1n) is 7.56. The van der Waals surface area contributed by atoms with E-state index in [9.17, 15) is 4.79 Å². The smallest absolute Gasteiger partial charge is 0.140 e. The van der Waals surface area contributed by atoms with E-state index < -0.39 is 0 Å². The average molecular weight is 246 g/mol. The third-order valence-electron chi connectivity index (χ3n) is 5.16. The number of hydrogen-bond donors (Lipinski definition) is 0. The van der Waals surface area contributed by atoms with Gasteiger partial charge in [0.1, 0.15) is 5.78 Å². The van der Waals surface area contributed by atoms with Crippen molar-refractivity contribution in [2.24, 2.45) is 23.2 Å². The fourth-order valence-corrected chi connectivity index (χ4v) is 3.57. The molecule has 0 aliphatic heterocycles. The lowest BCUT2D eigenvalue weighted by molar-refractivity contribution is -0.156. The largest absolute Gasteiger partial charge is 0.299 e. The predicted octanol–water partition coefficient (Wildman–Crippen LogP) is 4.21. The van der Waals surface area contributed by atoms with Crippen molar-refractivity contribution in [2.45, 2.75) is 65.7 Å². The molecule has 1 nitrogen and oxygen atoms in total. The van der Waals surface area contributed by atoms with Crippen LogP contribution < -0.4 is 0 Å². The summed E-state index contributed by atoms with van der Waals surface area (Å²) < 4.78 is 0. The Labute approximate surface area is 112 Å². The lowest BCUT2D eigenvalue weighted by atomic mass is 9.46. The third-order valence-corrected chi connectivity index (χ3v) is 5.16. The number of carbonyl (C=O) groups is 1. The van der Waals surface area contributed by atoms with Crippen LogP contribution in [0, 0.1) is 35.0 Å². The first kappa shape index (κ1) is 13.7. The molecule has 0 aromatic heterocycles. The van der Waals surface area contributed by atoms with Gasteiger partial charge in [0.2, 0.25) is 0 Å². The van der Waals surface area contributed by atoms with Crippen LogP contribution in [-0.4, -0.2) is 5.78 Å². The predicted molar refractivity (Wildman–Crippen MR) is 75.0 cm³/mol. The molecular formula is C17H26O.